The number of carboxylic acids is 1. The molecule has 2 unspecified atom stereocenters. The Morgan fingerprint density at radius 3 is 2.89 bits per heavy atom. The highest BCUT2D eigenvalue weighted by molar-refractivity contribution is 7.99. The standard InChI is InChI=1S/C9H15N3O4S2/c1-6(3-4-18(2)16)12-8(15)10-11-9(12)17-5-7(13)14/h6H,3-5H2,1-2H3,(H,10,15)(H,13,14). The first kappa shape index (κ1) is 15.0. The maximum absolute atomic E-state index is 11.6. The molecule has 18 heavy (non-hydrogen) atoms. The molecule has 7 nitrogen and oxygen atoms in total. The van der Waals surface area contributed by atoms with E-state index in [0.29, 0.717) is 17.3 Å². The van der Waals surface area contributed by atoms with Crippen LogP contribution in [-0.2, 0) is 15.6 Å². The highest BCUT2D eigenvalue weighted by Crippen LogP contribution is 2.18. The van der Waals surface area contributed by atoms with Crippen molar-refractivity contribution in [1.82, 2.24) is 14.8 Å². The van der Waals surface area contributed by atoms with E-state index in [1.54, 1.807) is 6.26 Å². The van der Waals surface area contributed by atoms with E-state index in [2.05, 4.69) is 10.2 Å². The molecule has 2 N–H and O–H groups in total. The third-order valence-corrected chi connectivity index (χ3v) is 4.01. The van der Waals surface area contributed by atoms with E-state index in [4.69, 9.17) is 5.11 Å². The molecule has 2 atom stereocenters. The van der Waals surface area contributed by atoms with Crippen LogP contribution in [0.5, 0.6) is 0 Å². The molecule has 0 radical (unpaired) electrons. The molecule has 0 bridgehead atoms. The van der Waals surface area contributed by atoms with Crippen LogP contribution in [0.3, 0.4) is 0 Å². The van der Waals surface area contributed by atoms with Crippen LogP contribution in [0, 0.1) is 0 Å². The number of H-pyrrole nitrogens is 1. The SMILES string of the molecule is CC(CCS(C)=O)n1c(SCC(=O)O)n[nH]c1=O. The first-order valence-electron chi connectivity index (χ1n) is 5.23. The summed E-state index contributed by atoms with van der Waals surface area (Å²) in [6, 6.07) is -0.170. The van der Waals surface area contributed by atoms with Crippen LogP contribution in [-0.4, -0.2) is 47.8 Å². The fourth-order valence-electron chi connectivity index (χ4n) is 1.37. The molecule has 0 aliphatic heterocycles. The van der Waals surface area contributed by atoms with Crippen LogP contribution >= 0.6 is 11.8 Å². The van der Waals surface area contributed by atoms with E-state index >= 15 is 0 Å². The smallest absolute Gasteiger partial charge is 0.344 e. The van der Waals surface area contributed by atoms with Gasteiger partial charge in [0.1, 0.15) is 0 Å². The Labute approximate surface area is 110 Å². The number of aromatic nitrogens is 3. The molecule has 1 rings (SSSR count). The van der Waals surface area contributed by atoms with Crippen LogP contribution in [0.25, 0.3) is 0 Å². The van der Waals surface area contributed by atoms with Crippen molar-refractivity contribution in [3.63, 3.8) is 0 Å². The van der Waals surface area contributed by atoms with Gasteiger partial charge >= 0.3 is 11.7 Å². The molecule has 0 saturated carbocycles. The van der Waals surface area contributed by atoms with E-state index < -0.39 is 16.8 Å². The molecule has 0 saturated heterocycles. The number of hydrogen-bond donors (Lipinski definition) is 2. The summed E-state index contributed by atoms with van der Waals surface area (Å²) in [5, 5.41) is 15.0. The third-order valence-electron chi connectivity index (χ3n) is 2.26. The van der Waals surface area contributed by atoms with Crippen molar-refractivity contribution in [2.75, 3.05) is 17.8 Å². The van der Waals surface area contributed by atoms with Crippen LogP contribution in [0.1, 0.15) is 19.4 Å². The average Bonchev–Trinajstić information content (AvgIpc) is 2.64. The molecule has 102 valence electrons. The summed E-state index contributed by atoms with van der Waals surface area (Å²) in [7, 11) is -0.919. The summed E-state index contributed by atoms with van der Waals surface area (Å²) < 4.78 is 12.4. The van der Waals surface area contributed by atoms with Gasteiger partial charge in [0.2, 0.25) is 0 Å². The monoisotopic (exact) mass is 293 g/mol. The Hall–Kier alpha value is -1.09. The zero-order valence-corrected chi connectivity index (χ0v) is 11.7. The fraction of sp³-hybridized carbons (Fsp3) is 0.667. The molecule has 0 aromatic carbocycles. The molecule has 0 spiro atoms. The summed E-state index contributed by atoms with van der Waals surface area (Å²) >= 11 is 0.984. The molecule has 9 heteroatoms. The van der Waals surface area contributed by atoms with Crippen molar-refractivity contribution in [1.29, 1.82) is 0 Å². The van der Waals surface area contributed by atoms with Gasteiger partial charge in [-0.3, -0.25) is 13.6 Å². The first-order chi connectivity index (χ1) is 8.41. The predicted molar refractivity (Wildman–Crippen MR) is 69.5 cm³/mol. The number of hydrogen-bond acceptors (Lipinski definition) is 5. The van der Waals surface area contributed by atoms with E-state index in [0.717, 1.165) is 11.8 Å². The van der Waals surface area contributed by atoms with Crippen molar-refractivity contribution in [2.45, 2.75) is 24.5 Å². The van der Waals surface area contributed by atoms with Crippen molar-refractivity contribution in [3.8, 4) is 0 Å². The second-order valence-electron chi connectivity index (χ2n) is 3.78. The number of carbonyl (C=O) groups is 1. The minimum atomic E-state index is -0.968. The highest BCUT2D eigenvalue weighted by atomic mass is 32.2. The van der Waals surface area contributed by atoms with Crippen molar-refractivity contribution in [2.24, 2.45) is 0 Å². The molecule has 1 aromatic heterocycles. The first-order valence-corrected chi connectivity index (χ1v) is 7.94. The van der Waals surface area contributed by atoms with Gasteiger partial charge in [-0.1, -0.05) is 11.8 Å². The van der Waals surface area contributed by atoms with Gasteiger partial charge < -0.3 is 5.11 Å². The summed E-state index contributed by atoms with van der Waals surface area (Å²) in [6.07, 6.45) is 2.17. The lowest BCUT2D eigenvalue weighted by Gasteiger charge is -2.12. The van der Waals surface area contributed by atoms with Crippen molar-refractivity contribution in [3.05, 3.63) is 10.5 Å². The second-order valence-corrected chi connectivity index (χ2v) is 6.28. The van der Waals surface area contributed by atoms with Crippen LogP contribution < -0.4 is 5.69 Å². The zero-order valence-electron chi connectivity index (χ0n) is 10.1. The number of rotatable bonds is 7. The molecule has 1 aromatic rings. The molecule has 1 heterocycles. The Morgan fingerprint density at radius 2 is 2.33 bits per heavy atom. The number of nitrogens with one attached hydrogen (secondary N) is 1. The molecule has 0 aliphatic carbocycles. The quantitative estimate of drug-likeness (QED) is 0.690. The maximum atomic E-state index is 11.6. The minimum Gasteiger partial charge on any atom is -0.481 e. The third kappa shape index (κ3) is 4.30. The van der Waals surface area contributed by atoms with E-state index in [9.17, 15) is 13.8 Å². The average molecular weight is 293 g/mol. The second kappa shape index (κ2) is 6.74. The van der Waals surface area contributed by atoms with Crippen molar-refractivity contribution < 1.29 is 14.1 Å². The minimum absolute atomic E-state index is 0.156. The van der Waals surface area contributed by atoms with Crippen molar-refractivity contribution >= 4 is 28.5 Å². The van der Waals surface area contributed by atoms with Gasteiger partial charge in [-0.05, 0) is 13.3 Å². The lowest BCUT2D eigenvalue weighted by molar-refractivity contribution is -0.133. The highest BCUT2D eigenvalue weighted by Gasteiger charge is 2.16. The summed E-state index contributed by atoms with van der Waals surface area (Å²) in [5.74, 6) is -0.636. The van der Waals surface area contributed by atoms with Crippen LogP contribution in [0.2, 0.25) is 0 Å². The predicted octanol–water partition coefficient (Wildman–Crippen LogP) is 0.0777. The van der Waals surface area contributed by atoms with Gasteiger partial charge in [-0.15, -0.1) is 5.10 Å². The summed E-state index contributed by atoms with van der Waals surface area (Å²) in [4.78, 5) is 22.1. The molecular formula is C9H15N3O4S2. The van der Waals surface area contributed by atoms with Crippen LogP contribution in [0.15, 0.2) is 9.95 Å². The Bertz CT molecular complexity index is 496. The molecular weight excluding hydrogens is 278 g/mol. The number of carboxylic acid groups (broad SMARTS) is 1. The largest absolute Gasteiger partial charge is 0.481 e. The van der Waals surface area contributed by atoms with E-state index in [1.807, 2.05) is 6.92 Å². The normalized spacial score (nSPS) is 14.3. The maximum Gasteiger partial charge on any atom is 0.344 e. The lowest BCUT2D eigenvalue weighted by Crippen LogP contribution is -2.22. The molecule has 0 amide bonds. The van der Waals surface area contributed by atoms with E-state index in [-0.39, 0.29) is 17.5 Å². The molecule has 0 fully saturated rings. The summed E-state index contributed by atoms with van der Waals surface area (Å²) in [5.41, 5.74) is -0.378. The Balaban J connectivity index is 2.79. The van der Waals surface area contributed by atoms with Gasteiger partial charge in [-0.25, -0.2) is 9.89 Å². The van der Waals surface area contributed by atoms with Gasteiger partial charge in [-0.2, -0.15) is 0 Å². The lowest BCUT2D eigenvalue weighted by atomic mass is 10.3. The number of aromatic amines is 1. The van der Waals surface area contributed by atoms with E-state index in [1.165, 1.54) is 4.57 Å². The van der Waals surface area contributed by atoms with Crippen LogP contribution in [0.4, 0.5) is 0 Å². The number of aliphatic carboxylic acids is 1. The molecule has 0 aliphatic rings. The Kier molecular flexibility index (Phi) is 5.60. The zero-order chi connectivity index (χ0) is 13.7. The van der Waals surface area contributed by atoms with Gasteiger partial charge in [0.05, 0.1) is 5.75 Å². The summed E-state index contributed by atoms with van der Waals surface area (Å²) in [6.45, 7) is 1.81. The number of thioether (sulfide) groups is 1. The van der Waals surface area contributed by atoms with Gasteiger partial charge in [0.15, 0.2) is 5.16 Å². The van der Waals surface area contributed by atoms with Gasteiger partial charge in [0.25, 0.3) is 0 Å². The van der Waals surface area contributed by atoms with Gasteiger partial charge in [0, 0.05) is 28.9 Å². The number of nitrogens with zero attached hydrogens (tertiary/aromatic N) is 2. The fourth-order valence-corrected chi connectivity index (χ4v) is 2.81. The Morgan fingerprint density at radius 1 is 1.67 bits per heavy atom. The topological polar surface area (TPSA) is 105 Å².